The lowest BCUT2D eigenvalue weighted by atomic mass is 10.5. The Morgan fingerprint density at radius 3 is 3.09 bits per heavy atom. The number of hydrogen-bond donors (Lipinski definition) is 2. The van der Waals surface area contributed by atoms with E-state index in [0.29, 0.717) is 0 Å². The van der Waals surface area contributed by atoms with Crippen LogP contribution in [0.1, 0.15) is 0 Å². The molecule has 0 bridgehead atoms. The molecule has 0 aromatic carbocycles. The number of aromatic amines is 1. The predicted molar refractivity (Wildman–Crippen MR) is 33.3 cm³/mol. The highest BCUT2D eigenvalue weighted by Crippen LogP contribution is 2.15. The van der Waals surface area contributed by atoms with Crippen LogP contribution >= 0.6 is 0 Å². The van der Waals surface area contributed by atoms with Gasteiger partial charge in [-0.1, -0.05) is 0 Å². The molecule has 0 atom stereocenters. The fraction of sp³-hybridized carbons (Fsp3) is 0. The molecule has 2 aromatic rings. The van der Waals surface area contributed by atoms with Gasteiger partial charge in [0.2, 0.25) is 5.88 Å². The minimum atomic E-state index is -0.973. The van der Waals surface area contributed by atoms with Gasteiger partial charge in [-0.2, -0.15) is 14.4 Å². The van der Waals surface area contributed by atoms with Gasteiger partial charge in [-0.3, -0.25) is 0 Å². The Balaban J connectivity index is 2.91. The van der Waals surface area contributed by atoms with Gasteiger partial charge in [-0.15, -0.1) is 0 Å². The summed E-state index contributed by atoms with van der Waals surface area (Å²) in [7, 11) is 0. The average molecular weight is 154 g/mol. The van der Waals surface area contributed by atoms with E-state index in [4.69, 9.17) is 5.11 Å². The summed E-state index contributed by atoms with van der Waals surface area (Å²) in [5.74, 6) is -0.450. The van der Waals surface area contributed by atoms with Crippen molar-refractivity contribution in [3.63, 3.8) is 0 Å². The summed E-state index contributed by atoms with van der Waals surface area (Å²) in [6.45, 7) is 0. The van der Waals surface area contributed by atoms with Gasteiger partial charge in [-0.25, -0.2) is 4.98 Å². The highest BCUT2D eigenvalue weighted by Gasteiger charge is 2.06. The van der Waals surface area contributed by atoms with E-state index in [1.165, 1.54) is 6.33 Å². The molecule has 0 aliphatic rings. The average Bonchev–Trinajstić information content (AvgIpc) is 2.34. The van der Waals surface area contributed by atoms with Crippen molar-refractivity contribution >= 4 is 11.2 Å². The Bertz CT molecular complexity index is 398. The summed E-state index contributed by atoms with van der Waals surface area (Å²) < 4.78 is 12.3. The second-order valence-electron chi connectivity index (χ2n) is 1.92. The van der Waals surface area contributed by atoms with Crippen molar-refractivity contribution in [2.75, 3.05) is 0 Å². The molecule has 5 nitrogen and oxygen atoms in total. The molecule has 6 heteroatoms. The summed E-state index contributed by atoms with van der Waals surface area (Å²) in [6.07, 6.45) is 0.331. The number of rotatable bonds is 0. The largest absolute Gasteiger partial charge is 0.492 e. The smallest absolute Gasteiger partial charge is 0.314 e. The molecule has 2 heterocycles. The number of H-pyrrole nitrogens is 1. The maximum Gasteiger partial charge on any atom is 0.314 e. The Labute approximate surface area is 59.9 Å². The van der Waals surface area contributed by atoms with E-state index in [2.05, 4.69) is 19.9 Å². The highest BCUT2D eigenvalue weighted by molar-refractivity contribution is 5.74. The summed E-state index contributed by atoms with van der Waals surface area (Å²) in [5, 5.41) is 8.97. The first kappa shape index (κ1) is 6.02. The molecule has 11 heavy (non-hydrogen) atoms. The van der Waals surface area contributed by atoms with Crippen molar-refractivity contribution in [3.8, 4) is 5.88 Å². The van der Waals surface area contributed by atoms with E-state index >= 15 is 0 Å². The normalized spacial score (nSPS) is 10.6. The standard InChI is InChI=1S/C5H3FN4O/c6-5-9-3-2(4(11)10-5)7-1-8-3/h1H,(H2,7,8,9,10,11). The summed E-state index contributed by atoms with van der Waals surface area (Å²) in [6, 6.07) is 0. The van der Waals surface area contributed by atoms with Crippen LogP contribution in [-0.4, -0.2) is 25.0 Å². The summed E-state index contributed by atoms with van der Waals surface area (Å²) >= 11 is 0. The fourth-order valence-electron chi connectivity index (χ4n) is 0.794. The third kappa shape index (κ3) is 0.794. The third-order valence-electron chi connectivity index (χ3n) is 1.23. The lowest BCUT2D eigenvalue weighted by Crippen LogP contribution is -1.89. The molecule has 0 aliphatic carbocycles. The van der Waals surface area contributed by atoms with Crippen LogP contribution in [0.2, 0.25) is 0 Å². The molecule has 0 spiro atoms. The first-order chi connectivity index (χ1) is 5.27. The van der Waals surface area contributed by atoms with Crippen LogP contribution in [-0.2, 0) is 0 Å². The van der Waals surface area contributed by atoms with Gasteiger partial charge in [0.05, 0.1) is 6.33 Å². The molecule has 0 fully saturated rings. The van der Waals surface area contributed by atoms with Crippen molar-refractivity contribution in [2.45, 2.75) is 0 Å². The second-order valence-corrected chi connectivity index (χ2v) is 1.92. The molecule has 56 valence electrons. The van der Waals surface area contributed by atoms with Crippen LogP contribution in [0.5, 0.6) is 5.88 Å². The Kier molecular flexibility index (Phi) is 1.03. The molecule has 0 saturated heterocycles. The minimum Gasteiger partial charge on any atom is -0.492 e. The molecule has 0 aliphatic heterocycles. The van der Waals surface area contributed by atoms with Gasteiger partial charge in [0.1, 0.15) is 0 Å². The maximum absolute atomic E-state index is 12.3. The van der Waals surface area contributed by atoms with E-state index in [1.54, 1.807) is 0 Å². The first-order valence-corrected chi connectivity index (χ1v) is 2.83. The lowest BCUT2D eigenvalue weighted by Gasteiger charge is -1.90. The van der Waals surface area contributed by atoms with Gasteiger partial charge >= 0.3 is 6.08 Å². The number of fused-ring (bicyclic) bond motifs is 1. The summed E-state index contributed by atoms with van der Waals surface area (Å²) in [4.78, 5) is 12.6. The Morgan fingerprint density at radius 2 is 2.27 bits per heavy atom. The van der Waals surface area contributed by atoms with Gasteiger partial charge < -0.3 is 10.1 Å². The van der Waals surface area contributed by atoms with Crippen LogP contribution in [0.3, 0.4) is 0 Å². The van der Waals surface area contributed by atoms with Gasteiger partial charge in [0.25, 0.3) is 0 Å². The zero-order chi connectivity index (χ0) is 7.84. The van der Waals surface area contributed by atoms with Crippen molar-refractivity contribution in [2.24, 2.45) is 0 Å². The van der Waals surface area contributed by atoms with E-state index in [0.717, 1.165) is 0 Å². The Morgan fingerprint density at radius 1 is 1.45 bits per heavy atom. The SMILES string of the molecule is Oc1nc(F)nc2[nH]cnc12. The molecule has 2 rings (SSSR count). The molecular weight excluding hydrogens is 151 g/mol. The summed E-state index contributed by atoms with van der Waals surface area (Å²) in [5.41, 5.74) is 0.362. The van der Waals surface area contributed by atoms with Crippen molar-refractivity contribution in [1.29, 1.82) is 0 Å². The van der Waals surface area contributed by atoms with E-state index < -0.39 is 12.0 Å². The highest BCUT2D eigenvalue weighted by atomic mass is 19.1. The molecular formula is C5H3FN4O. The zero-order valence-corrected chi connectivity index (χ0v) is 5.24. The molecule has 0 radical (unpaired) electrons. The molecule has 2 aromatic heterocycles. The Hall–Kier alpha value is -1.72. The molecule has 2 N–H and O–H groups in total. The van der Waals surface area contributed by atoms with E-state index in [9.17, 15) is 4.39 Å². The fourth-order valence-corrected chi connectivity index (χ4v) is 0.794. The second kappa shape index (κ2) is 1.88. The van der Waals surface area contributed by atoms with Crippen LogP contribution in [0, 0.1) is 6.08 Å². The maximum atomic E-state index is 12.3. The van der Waals surface area contributed by atoms with E-state index in [-0.39, 0.29) is 11.2 Å². The number of imidazole rings is 1. The minimum absolute atomic E-state index is 0.173. The molecule has 0 saturated carbocycles. The van der Waals surface area contributed by atoms with Crippen molar-refractivity contribution in [3.05, 3.63) is 12.4 Å². The van der Waals surface area contributed by atoms with Crippen molar-refractivity contribution < 1.29 is 9.50 Å². The monoisotopic (exact) mass is 154 g/mol. The molecule has 0 amide bonds. The van der Waals surface area contributed by atoms with Crippen LogP contribution in [0.4, 0.5) is 4.39 Å². The lowest BCUT2D eigenvalue weighted by molar-refractivity contribution is 0.433. The predicted octanol–water partition coefficient (Wildman–Crippen LogP) is 0.198. The third-order valence-corrected chi connectivity index (χ3v) is 1.23. The van der Waals surface area contributed by atoms with Crippen LogP contribution < -0.4 is 0 Å². The number of hydrogen-bond acceptors (Lipinski definition) is 4. The van der Waals surface area contributed by atoms with Gasteiger partial charge in [0.15, 0.2) is 11.2 Å². The molecule has 0 unspecified atom stereocenters. The van der Waals surface area contributed by atoms with Crippen molar-refractivity contribution in [1.82, 2.24) is 19.9 Å². The number of nitrogens with one attached hydrogen (secondary N) is 1. The van der Waals surface area contributed by atoms with Gasteiger partial charge in [-0.05, 0) is 0 Å². The van der Waals surface area contributed by atoms with Crippen LogP contribution in [0.25, 0.3) is 11.2 Å². The van der Waals surface area contributed by atoms with Crippen LogP contribution in [0.15, 0.2) is 6.33 Å². The number of aromatic nitrogens is 4. The quantitative estimate of drug-likeness (QED) is 0.531. The number of nitrogens with zero attached hydrogens (tertiary/aromatic N) is 3. The van der Waals surface area contributed by atoms with E-state index in [1.807, 2.05) is 0 Å². The van der Waals surface area contributed by atoms with Gasteiger partial charge in [0, 0.05) is 0 Å². The zero-order valence-electron chi connectivity index (χ0n) is 5.24. The number of aromatic hydroxyl groups is 1. The number of halogens is 1. The first-order valence-electron chi connectivity index (χ1n) is 2.83. The topological polar surface area (TPSA) is 74.7 Å².